The average Bonchev–Trinajstić information content (AvgIpc) is 3.54. The number of hydrogen-bond donors (Lipinski definition) is 5. The second kappa shape index (κ2) is 10.5. The van der Waals surface area contributed by atoms with Gasteiger partial charge in [0.15, 0.2) is 0 Å². The van der Waals surface area contributed by atoms with E-state index in [1.165, 1.54) is 0 Å². The number of rotatable bonds is 6. The zero-order valence-corrected chi connectivity index (χ0v) is 20.7. The van der Waals surface area contributed by atoms with Crippen LogP contribution in [0.2, 0.25) is 0 Å². The number of nitrogens with zero attached hydrogens (tertiary/aromatic N) is 2. The molecule has 2 unspecified atom stereocenters. The quantitative estimate of drug-likeness (QED) is 0.354. The lowest BCUT2D eigenvalue weighted by molar-refractivity contribution is 0.102. The molecule has 0 fully saturated rings. The minimum absolute atomic E-state index is 0.212. The van der Waals surface area contributed by atoms with E-state index < -0.39 is 0 Å². The fourth-order valence-corrected chi connectivity index (χ4v) is 4.08. The van der Waals surface area contributed by atoms with E-state index >= 15 is 0 Å². The maximum Gasteiger partial charge on any atom is 0.323 e. The van der Waals surface area contributed by atoms with Crippen LogP contribution in [-0.4, -0.2) is 48.8 Å². The Kier molecular flexibility index (Phi) is 6.85. The van der Waals surface area contributed by atoms with Gasteiger partial charge in [0, 0.05) is 45.8 Å². The molecule has 3 aromatic carbocycles. The highest BCUT2D eigenvalue weighted by Gasteiger charge is 2.16. The second-order valence-electron chi connectivity index (χ2n) is 9.23. The molecule has 0 radical (unpaired) electrons. The molecular weight excluding hydrogens is 466 g/mol. The zero-order chi connectivity index (χ0) is 25.8. The first kappa shape index (κ1) is 24.1. The van der Waals surface area contributed by atoms with Crippen molar-refractivity contribution in [2.24, 2.45) is 9.98 Å². The topological polar surface area (TPSA) is 119 Å². The van der Waals surface area contributed by atoms with Gasteiger partial charge >= 0.3 is 6.03 Å². The van der Waals surface area contributed by atoms with Crippen LogP contribution >= 0.6 is 0 Å². The number of anilines is 3. The van der Waals surface area contributed by atoms with Gasteiger partial charge in [-0.2, -0.15) is 0 Å². The van der Waals surface area contributed by atoms with Crippen LogP contribution in [-0.2, 0) is 0 Å². The molecule has 0 saturated heterocycles. The van der Waals surface area contributed by atoms with Crippen LogP contribution in [0.5, 0.6) is 0 Å². The third-order valence-electron chi connectivity index (χ3n) is 6.05. The van der Waals surface area contributed by atoms with Gasteiger partial charge in [0.1, 0.15) is 11.7 Å². The van der Waals surface area contributed by atoms with E-state index in [0.717, 1.165) is 35.9 Å². The molecule has 188 valence electrons. The Morgan fingerprint density at radius 1 is 0.649 bits per heavy atom. The summed E-state index contributed by atoms with van der Waals surface area (Å²) >= 11 is 0. The number of urea groups is 1. The third-order valence-corrected chi connectivity index (χ3v) is 6.05. The van der Waals surface area contributed by atoms with E-state index in [1.54, 1.807) is 36.4 Å². The summed E-state index contributed by atoms with van der Waals surface area (Å²) in [5, 5.41) is 15.1. The van der Waals surface area contributed by atoms with Gasteiger partial charge in [-0.3, -0.25) is 14.8 Å². The predicted octanol–water partition coefficient (Wildman–Crippen LogP) is 4.06. The monoisotopic (exact) mass is 495 g/mol. The second-order valence-corrected chi connectivity index (χ2v) is 9.23. The molecule has 5 rings (SSSR count). The standard InChI is InChI=1S/C28H29N7O2/c1-17-15-29-25(31-17)19-3-5-21(6-4-19)27(36)33-22-11-13-24(14-12-22)35-28(37)34-23-9-7-20(8-10-23)26-30-16-18(2)32-26/h3-14,17-18H,15-16H2,1-2H3,(H,29,31)(H,30,32)(H,33,36)(H2,34,35,37). The first-order valence-corrected chi connectivity index (χ1v) is 12.3. The molecule has 0 aromatic heterocycles. The Morgan fingerprint density at radius 3 is 1.49 bits per heavy atom. The maximum absolute atomic E-state index is 12.6. The van der Waals surface area contributed by atoms with Gasteiger partial charge in [-0.25, -0.2) is 4.79 Å². The molecule has 0 aliphatic carbocycles. The Hall–Kier alpha value is -4.66. The van der Waals surface area contributed by atoms with Crippen LogP contribution in [0.4, 0.5) is 21.9 Å². The number of hydrogen-bond acceptors (Lipinski definition) is 6. The largest absolute Gasteiger partial charge is 0.366 e. The van der Waals surface area contributed by atoms with Gasteiger partial charge < -0.3 is 26.6 Å². The van der Waals surface area contributed by atoms with E-state index in [2.05, 4.69) is 50.4 Å². The molecule has 2 heterocycles. The van der Waals surface area contributed by atoms with Gasteiger partial charge in [0.25, 0.3) is 5.91 Å². The van der Waals surface area contributed by atoms with Crippen molar-refractivity contribution in [1.82, 2.24) is 10.6 Å². The van der Waals surface area contributed by atoms with Crippen molar-refractivity contribution in [3.8, 4) is 0 Å². The fraction of sp³-hybridized carbons (Fsp3) is 0.214. The van der Waals surface area contributed by atoms with Crippen LogP contribution in [0, 0.1) is 0 Å². The highest BCUT2D eigenvalue weighted by molar-refractivity contribution is 6.06. The van der Waals surface area contributed by atoms with Crippen molar-refractivity contribution in [2.75, 3.05) is 29.0 Å². The van der Waals surface area contributed by atoms with Crippen LogP contribution in [0.3, 0.4) is 0 Å². The molecule has 2 atom stereocenters. The van der Waals surface area contributed by atoms with Gasteiger partial charge in [-0.05, 0) is 74.5 Å². The summed E-state index contributed by atoms with van der Waals surface area (Å²) in [6.45, 7) is 5.68. The molecule has 0 spiro atoms. The highest BCUT2D eigenvalue weighted by atomic mass is 16.2. The minimum atomic E-state index is -0.356. The summed E-state index contributed by atoms with van der Waals surface area (Å²) < 4.78 is 0. The highest BCUT2D eigenvalue weighted by Crippen LogP contribution is 2.17. The van der Waals surface area contributed by atoms with Crippen LogP contribution < -0.4 is 26.6 Å². The summed E-state index contributed by atoms with van der Waals surface area (Å²) in [5.74, 6) is 1.52. The molecule has 9 nitrogen and oxygen atoms in total. The molecule has 9 heteroatoms. The van der Waals surface area contributed by atoms with Crippen molar-refractivity contribution in [3.05, 3.63) is 89.5 Å². The Labute approximate surface area is 215 Å². The lowest BCUT2D eigenvalue weighted by Crippen LogP contribution is -2.27. The predicted molar refractivity (Wildman–Crippen MR) is 148 cm³/mol. The molecule has 2 aliphatic rings. The number of benzene rings is 3. The van der Waals surface area contributed by atoms with E-state index in [9.17, 15) is 9.59 Å². The molecule has 3 amide bonds. The van der Waals surface area contributed by atoms with Gasteiger partial charge in [0.05, 0.1) is 13.1 Å². The lowest BCUT2D eigenvalue weighted by Gasteiger charge is -2.11. The van der Waals surface area contributed by atoms with Crippen LogP contribution in [0.25, 0.3) is 0 Å². The SMILES string of the molecule is CC1CN=C(c2ccc(NC(=O)Nc3ccc(NC(=O)c4ccc(C5=NCC(C)N5)cc4)cc3)cc2)N1. The number of carbonyl (C=O) groups excluding carboxylic acids is 2. The number of amides is 3. The van der Waals surface area contributed by atoms with Crippen LogP contribution in [0.15, 0.2) is 82.8 Å². The van der Waals surface area contributed by atoms with E-state index in [-0.39, 0.29) is 11.9 Å². The Bertz CT molecular complexity index is 1350. The fourth-order valence-electron chi connectivity index (χ4n) is 4.08. The average molecular weight is 496 g/mol. The van der Waals surface area contributed by atoms with Crippen LogP contribution in [0.1, 0.15) is 35.3 Å². The lowest BCUT2D eigenvalue weighted by atomic mass is 10.1. The maximum atomic E-state index is 12.6. The summed E-state index contributed by atoms with van der Waals surface area (Å²) in [7, 11) is 0. The summed E-state index contributed by atoms with van der Waals surface area (Å²) in [6, 6.07) is 22.1. The number of carbonyl (C=O) groups is 2. The number of nitrogens with one attached hydrogen (secondary N) is 5. The molecule has 0 saturated carbocycles. The Balaban J connectivity index is 1.12. The summed E-state index contributed by atoms with van der Waals surface area (Å²) in [5.41, 5.74) is 4.40. The smallest absolute Gasteiger partial charge is 0.323 e. The molecule has 5 N–H and O–H groups in total. The van der Waals surface area contributed by atoms with Crippen molar-refractivity contribution >= 4 is 40.7 Å². The molecule has 0 bridgehead atoms. The zero-order valence-electron chi connectivity index (χ0n) is 20.7. The number of aliphatic imine (C=N–C) groups is 2. The van der Waals surface area contributed by atoms with Crippen molar-refractivity contribution in [3.63, 3.8) is 0 Å². The van der Waals surface area contributed by atoms with Crippen molar-refractivity contribution < 1.29 is 9.59 Å². The number of amidine groups is 2. The molecule has 3 aromatic rings. The molecule has 2 aliphatic heterocycles. The van der Waals surface area contributed by atoms with Crippen molar-refractivity contribution in [1.29, 1.82) is 0 Å². The Morgan fingerprint density at radius 2 is 1.05 bits per heavy atom. The molecular formula is C28H29N7O2. The minimum Gasteiger partial charge on any atom is -0.366 e. The molecule has 37 heavy (non-hydrogen) atoms. The van der Waals surface area contributed by atoms with Crippen molar-refractivity contribution in [2.45, 2.75) is 25.9 Å². The summed E-state index contributed by atoms with van der Waals surface area (Å²) in [4.78, 5) is 34.0. The van der Waals surface area contributed by atoms with Gasteiger partial charge in [-0.1, -0.05) is 12.1 Å². The first-order chi connectivity index (χ1) is 17.9. The first-order valence-electron chi connectivity index (χ1n) is 12.3. The van der Waals surface area contributed by atoms with E-state index in [1.807, 2.05) is 36.4 Å². The van der Waals surface area contributed by atoms with E-state index in [0.29, 0.717) is 34.7 Å². The van der Waals surface area contributed by atoms with E-state index in [4.69, 9.17) is 0 Å². The third kappa shape index (κ3) is 5.95. The summed E-state index contributed by atoms with van der Waals surface area (Å²) in [6.07, 6.45) is 0. The van der Waals surface area contributed by atoms with Gasteiger partial charge in [0.2, 0.25) is 0 Å². The normalized spacial score (nSPS) is 18.2. The van der Waals surface area contributed by atoms with Gasteiger partial charge in [-0.15, -0.1) is 0 Å².